The van der Waals surface area contributed by atoms with Gasteiger partial charge in [-0.1, -0.05) is 18.2 Å². The average Bonchev–Trinajstić information content (AvgIpc) is 3.17. The Balaban J connectivity index is 1.83. The lowest BCUT2D eigenvalue weighted by Crippen LogP contribution is -2.48. The van der Waals surface area contributed by atoms with E-state index in [9.17, 15) is 14.9 Å². The lowest BCUT2D eigenvalue weighted by molar-refractivity contribution is 0.490. The van der Waals surface area contributed by atoms with Crippen LogP contribution in [-0.2, 0) is 13.1 Å². The second-order valence-electron chi connectivity index (χ2n) is 7.96. The van der Waals surface area contributed by atoms with Gasteiger partial charge in [0.2, 0.25) is 0 Å². The van der Waals surface area contributed by atoms with Crippen molar-refractivity contribution in [2.75, 3.05) is 23.7 Å². The Bertz CT molecular complexity index is 1180. The maximum Gasteiger partial charge on any atom is 0.333 e. The van der Waals surface area contributed by atoms with E-state index in [1.165, 1.54) is 10.6 Å². The molecule has 0 amide bonds. The van der Waals surface area contributed by atoms with Crippen LogP contribution >= 0.6 is 11.8 Å². The quantitative estimate of drug-likeness (QED) is 0.718. The molecule has 0 aliphatic carbocycles. The Kier molecular flexibility index (Phi) is 6.20. The molecule has 1 aromatic heterocycles. The molecule has 8 nitrogen and oxygen atoms in total. The molecule has 2 aromatic rings. The summed E-state index contributed by atoms with van der Waals surface area (Å²) in [6.45, 7) is 1.68. The first-order chi connectivity index (χ1) is 15.0. The van der Waals surface area contributed by atoms with E-state index in [0.29, 0.717) is 17.9 Å². The van der Waals surface area contributed by atoms with E-state index in [1.54, 1.807) is 28.5 Å². The summed E-state index contributed by atoms with van der Waals surface area (Å²) < 4.78 is 2.83. The van der Waals surface area contributed by atoms with Gasteiger partial charge < -0.3 is 16.4 Å². The Morgan fingerprint density at radius 2 is 2.00 bits per heavy atom. The molecule has 0 radical (unpaired) electrons. The second-order valence-corrected chi connectivity index (χ2v) is 9.15. The summed E-state index contributed by atoms with van der Waals surface area (Å²) in [5, 5.41) is 9.49. The van der Waals surface area contributed by atoms with E-state index in [0.717, 1.165) is 47.7 Å². The highest BCUT2D eigenvalue weighted by atomic mass is 32.2. The highest BCUT2D eigenvalue weighted by molar-refractivity contribution is 8.03. The summed E-state index contributed by atoms with van der Waals surface area (Å²) in [4.78, 5) is 29.4. The molecule has 2 aliphatic rings. The Morgan fingerprint density at radius 3 is 2.71 bits per heavy atom. The Labute approximate surface area is 184 Å². The van der Waals surface area contributed by atoms with Crippen molar-refractivity contribution < 1.29 is 0 Å². The molecule has 31 heavy (non-hydrogen) atoms. The number of nitriles is 1. The Hall–Kier alpha value is -2.96. The van der Waals surface area contributed by atoms with E-state index < -0.39 is 5.69 Å². The minimum atomic E-state index is -0.401. The molecule has 1 atom stereocenters. The lowest BCUT2D eigenvalue weighted by atomic mass is 10.1. The molecule has 4 rings (SSSR count). The number of aromatic nitrogens is 2. The first-order valence-corrected chi connectivity index (χ1v) is 11.4. The molecule has 162 valence electrons. The standard InChI is InChI=1S/C22H26N6O2S/c23-11-15-4-1-2-5-16(15)12-27-20(26-8-3-6-17(24)13-26)10-21(29)28(22(27)30)14-19-18(25)7-9-31-19/h1-2,4-5,10,17H,3,6-9,12-14,24-25H2/t17-/m1/s1. The molecule has 3 heterocycles. The average molecular weight is 439 g/mol. The molecule has 0 bridgehead atoms. The predicted octanol–water partition coefficient (Wildman–Crippen LogP) is 1.16. The highest BCUT2D eigenvalue weighted by Crippen LogP contribution is 2.29. The molecule has 1 saturated heterocycles. The predicted molar refractivity (Wildman–Crippen MR) is 123 cm³/mol. The van der Waals surface area contributed by atoms with Gasteiger partial charge in [0.1, 0.15) is 5.82 Å². The van der Waals surface area contributed by atoms with Crippen molar-refractivity contribution in [1.29, 1.82) is 5.26 Å². The number of benzene rings is 1. The number of piperidine rings is 1. The number of allylic oxidation sites excluding steroid dienone is 2. The molecule has 0 saturated carbocycles. The van der Waals surface area contributed by atoms with Crippen LogP contribution < -0.4 is 27.6 Å². The third-order valence-corrected chi connectivity index (χ3v) is 6.96. The van der Waals surface area contributed by atoms with Crippen LogP contribution in [0.2, 0.25) is 0 Å². The van der Waals surface area contributed by atoms with Crippen molar-refractivity contribution in [2.45, 2.75) is 38.4 Å². The normalized spacial score (nSPS) is 19.0. The van der Waals surface area contributed by atoms with Gasteiger partial charge >= 0.3 is 5.69 Å². The Morgan fingerprint density at radius 1 is 1.19 bits per heavy atom. The number of nitrogens with zero attached hydrogens (tertiary/aromatic N) is 4. The summed E-state index contributed by atoms with van der Waals surface area (Å²) in [5.41, 5.74) is 13.5. The van der Waals surface area contributed by atoms with E-state index in [-0.39, 0.29) is 24.7 Å². The summed E-state index contributed by atoms with van der Waals surface area (Å²) in [5.74, 6) is 1.42. The van der Waals surface area contributed by atoms with Crippen LogP contribution in [0.15, 0.2) is 50.5 Å². The zero-order chi connectivity index (χ0) is 22.0. The third-order valence-electron chi connectivity index (χ3n) is 5.81. The van der Waals surface area contributed by atoms with Crippen LogP contribution in [0.3, 0.4) is 0 Å². The van der Waals surface area contributed by atoms with Crippen molar-refractivity contribution >= 4 is 17.6 Å². The zero-order valence-corrected chi connectivity index (χ0v) is 18.1. The number of thioether (sulfide) groups is 1. The zero-order valence-electron chi connectivity index (χ0n) is 17.3. The largest absolute Gasteiger partial charge is 0.401 e. The summed E-state index contributed by atoms with van der Waals surface area (Å²) in [6.07, 6.45) is 2.58. The lowest BCUT2D eigenvalue weighted by Gasteiger charge is -2.34. The number of nitrogens with two attached hydrogens (primary N) is 2. The molecular formula is C22H26N6O2S. The van der Waals surface area contributed by atoms with Crippen molar-refractivity contribution in [3.63, 3.8) is 0 Å². The molecule has 0 spiro atoms. The minimum Gasteiger partial charge on any atom is -0.401 e. The van der Waals surface area contributed by atoms with Gasteiger partial charge in [0, 0.05) is 41.6 Å². The van der Waals surface area contributed by atoms with Crippen LogP contribution in [-0.4, -0.2) is 34.0 Å². The molecule has 1 fully saturated rings. The highest BCUT2D eigenvalue weighted by Gasteiger charge is 2.23. The maximum absolute atomic E-state index is 13.5. The molecule has 2 aliphatic heterocycles. The molecule has 4 N–H and O–H groups in total. The van der Waals surface area contributed by atoms with E-state index in [2.05, 4.69) is 6.07 Å². The van der Waals surface area contributed by atoms with Crippen LogP contribution in [0.1, 0.15) is 30.4 Å². The van der Waals surface area contributed by atoms with Gasteiger partial charge in [0.05, 0.1) is 24.7 Å². The molecule has 0 unspecified atom stereocenters. The third kappa shape index (κ3) is 4.40. The van der Waals surface area contributed by atoms with Crippen LogP contribution in [0, 0.1) is 11.3 Å². The minimum absolute atomic E-state index is 0.00836. The summed E-state index contributed by atoms with van der Waals surface area (Å²) >= 11 is 1.59. The van der Waals surface area contributed by atoms with Crippen LogP contribution in [0.5, 0.6) is 0 Å². The van der Waals surface area contributed by atoms with Gasteiger partial charge in [0.25, 0.3) is 5.56 Å². The topological polar surface area (TPSA) is 123 Å². The number of hydrogen-bond donors (Lipinski definition) is 2. The first kappa shape index (κ1) is 21.3. The van der Waals surface area contributed by atoms with Gasteiger partial charge in [-0.15, -0.1) is 11.8 Å². The van der Waals surface area contributed by atoms with Crippen molar-refractivity contribution in [2.24, 2.45) is 11.5 Å². The van der Waals surface area contributed by atoms with E-state index in [4.69, 9.17) is 11.5 Å². The maximum atomic E-state index is 13.5. The van der Waals surface area contributed by atoms with E-state index >= 15 is 0 Å². The van der Waals surface area contributed by atoms with Crippen molar-refractivity contribution in [3.05, 3.63) is 72.9 Å². The number of rotatable bonds is 5. The number of anilines is 1. The van der Waals surface area contributed by atoms with Gasteiger partial charge in [-0.25, -0.2) is 4.79 Å². The fraction of sp³-hybridized carbons (Fsp3) is 0.409. The molecular weight excluding hydrogens is 412 g/mol. The monoisotopic (exact) mass is 438 g/mol. The first-order valence-electron chi connectivity index (χ1n) is 10.4. The van der Waals surface area contributed by atoms with Gasteiger partial charge in [-0.3, -0.25) is 13.9 Å². The van der Waals surface area contributed by atoms with Crippen LogP contribution in [0.4, 0.5) is 5.82 Å². The van der Waals surface area contributed by atoms with Gasteiger partial charge in [-0.05, 0) is 30.9 Å². The van der Waals surface area contributed by atoms with Crippen molar-refractivity contribution in [1.82, 2.24) is 9.13 Å². The SMILES string of the molecule is N#Cc1ccccc1Cn1c(N2CCC[C@@H](N)C2)cc(=O)n(CC2=C(N)CCS2)c1=O. The molecule has 9 heteroatoms. The number of hydrogen-bond acceptors (Lipinski definition) is 7. The fourth-order valence-corrected chi connectivity index (χ4v) is 5.20. The van der Waals surface area contributed by atoms with Crippen molar-refractivity contribution in [3.8, 4) is 6.07 Å². The van der Waals surface area contributed by atoms with Gasteiger partial charge in [-0.2, -0.15) is 5.26 Å². The molecule has 1 aromatic carbocycles. The van der Waals surface area contributed by atoms with Crippen LogP contribution in [0.25, 0.3) is 0 Å². The smallest absolute Gasteiger partial charge is 0.333 e. The van der Waals surface area contributed by atoms with Gasteiger partial charge in [0.15, 0.2) is 0 Å². The fourth-order valence-electron chi connectivity index (χ4n) is 4.12. The second kappa shape index (κ2) is 9.04. The van der Waals surface area contributed by atoms with E-state index in [1.807, 2.05) is 17.0 Å². The summed E-state index contributed by atoms with van der Waals surface area (Å²) in [6, 6.07) is 10.9. The summed E-state index contributed by atoms with van der Waals surface area (Å²) in [7, 11) is 0.